The Kier molecular flexibility index (Phi) is 3.06. The Hall–Kier alpha value is -2.96. The molecule has 1 aliphatic carbocycles. The van der Waals surface area contributed by atoms with Crippen LogP contribution in [0.15, 0.2) is 46.3 Å². The average Bonchev–Trinajstić information content (AvgIpc) is 3.12. The molecule has 4 rings (SSSR count). The van der Waals surface area contributed by atoms with Gasteiger partial charge in [0.2, 0.25) is 0 Å². The van der Waals surface area contributed by atoms with Crippen molar-refractivity contribution in [3.8, 4) is 5.82 Å². The largest absolute Gasteiger partial charge is 0.334 e. The monoisotopic (exact) mass is 323 g/mol. The molecule has 3 aromatic heterocycles. The predicted molar refractivity (Wildman–Crippen MR) is 90.2 cm³/mol. The fourth-order valence-electron chi connectivity index (χ4n) is 3.16. The zero-order chi connectivity index (χ0) is 16.9. The summed E-state index contributed by atoms with van der Waals surface area (Å²) in [5, 5.41) is 8.60. The summed E-state index contributed by atoms with van der Waals surface area (Å²) in [4.78, 5) is 25.6. The SMILES string of the molecule is CC1(C)C=C(c2cc(-n3ccc(=O)[nH]c3=O)nn3nccc23)CC1. The number of allylic oxidation sites excluding steroid dienone is 2. The number of hydrogen-bond acceptors (Lipinski definition) is 4. The molecule has 3 heterocycles. The molecular formula is C17H17N5O2. The van der Waals surface area contributed by atoms with E-state index in [4.69, 9.17) is 0 Å². The van der Waals surface area contributed by atoms with Crippen molar-refractivity contribution in [2.75, 3.05) is 0 Å². The van der Waals surface area contributed by atoms with Crippen LogP contribution in [-0.2, 0) is 0 Å². The van der Waals surface area contributed by atoms with Crippen LogP contribution in [0.2, 0.25) is 0 Å². The van der Waals surface area contributed by atoms with E-state index in [1.165, 1.54) is 27.0 Å². The van der Waals surface area contributed by atoms with Gasteiger partial charge in [0.15, 0.2) is 5.82 Å². The molecule has 122 valence electrons. The first-order valence-electron chi connectivity index (χ1n) is 7.82. The Balaban J connectivity index is 1.96. The third-order valence-corrected chi connectivity index (χ3v) is 4.39. The summed E-state index contributed by atoms with van der Waals surface area (Å²) in [6, 6.07) is 5.09. The van der Waals surface area contributed by atoms with Crippen LogP contribution < -0.4 is 11.2 Å². The van der Waals surface area contributed by atoms with E-state index in [2.05, 4.69) is 35.1 Å². The van der Waals surface area contributed by atoms with Crippen molar-refractivity contribution in [2.45, 2.75) is 26.7 Å². The number of nitrogens with zero attached hydrogens (tertiary/aromatic N) is 4. The molecule has 7 heteroatoms. The highest BCUT2D eigenvalue weighted by Gasteiger charge is 2.25. The molecule has 3 aromatic rings. The highest BCUT2D eigenvalue weighted by atomic mass is 16.2. The van der Waals surface area contributed by atoms with Gasteiger partial charge >= 0.3 is 5.69 Å². The van der Waals surface area contributed by atoms with E-state index in [1.807, 2.05) is 12.1 Å². The zero-order valence-corrected chi connectivity index (χ0v) is 13.5. The second-order valence-corrected chi connectivity index (χ2v) is 6.76. The molecule has 0 amide bonds. The van der Waals surface area contributed by atoms with Gasteiger partial charge in [-0.15, -0.1) is 9.73 Å². The van der Waals surface area contributed by atoms with E-state index in [1.54, 1.807) is 6.20 Å². The number of nitrogens with one attached hydrogen (secondary N) is 1. The second-order valence-electron chi connectivity index (χ2n) is 6.76. The minimum Gasteiger partial charge on any atom is -0.274 e. The first-order valence-corrected chi connectivity index (χ1v) is 7.82. The lowest BCUT2D eigenvalue weighted by Gasteiger charge is -2.11. The van der Waals surface area contributed by atoms with E-state index in [0.29, 0.717) is 5.82 Å². The molecule has 1 N–H and O–H groups in total. The van der Waals surface area contributed by atoms with Crippen molar-refractivity contribution >= 4 is 11.1 Å². The van der Waals surface area contributed by atoms with Crippen LogP contribution in [0.3, 0.4) is 0 Å². The van der Waals surface area contributed by atoms with Crippen molar-refractivity contribution in [2.24, 2.45) is 5.41 Å². The molecule has 0 fully saturated rings. The van der Waals surface area contributed by atoms with Crippen LogP contribution in [0, 0.1) is 5.41 Å². The predicted octanol–water partition coefficient (Wildman–Crippen LogP) is 1.77. The fraction of sp³-hybridized carbons (Fsp3) is 0.294. The molecule has 0 unspecified atom stereocenters. The molecule has 1 aliphatic rings. The number of aromatic nitrogens is 5. The zero-order valence-electron chi connectivity index (χ0n) is 13.5. The van der Waals surface area contributed by atoms with E-state index in [0.717, 1.165) is 23.9 Å². The second kappa shape index (κ2) is 5.02. The van der Waals surface area contributed by atoms with Crippen molar-refractivity contribution < 1.29 is 0 Å². The average molecular weight is 323 g/mol. The van der Waals surface area contributed by atoms with Crippen LogP contribution in [-0.4, -0.2) is 24.4 Å². The number of fused-ring (bicyclic) bond motifs is 1. The van der Waals surface area contributed by atoms with Crippen LogP contribution >= 0.6 is 0 Å². The summed E-state index contributed by atoms with van der Waals surface area (Å²) in [6.45, 7) is 4.42. The Bertz CT molecular complexity index is 1080. The van der Waals surface area contributed by atoms with Crippen LogP contribution in [0.4, 0.5) is 0 Å². The van der Waals surface area contributed by atoms with Crippen LogP contribution in [0.1, 0.15) is 32.3 Å². The van der Waals surface area contributed by atoms with Gasteiger partial charge in [0.1, 0.15) is 0 Å². The van der Waals surface area contributed by atoms with Gasteiger partial charge in [-0.2, -0.15) is 5.10 Å². The van der Waals surface area contributed by atoms with E-state index < -0.39 is 11.2 Å². The Morgan fingerprint density at radius 2 is 2.08 bits per heavy atom. The quantitative estimate of drug-likeness (QED) is 0.779. The third-order valence-electron chi connectivity index (χ3n) is 4.39. The summed E-state index contributed by atoms with van der Waals surface area (Å²) in [7, 11) is 0. The standard InChI is InChI=1S/C17H17N5O2/c1-17(2)6-3-11(10-17)12-9-14(20-22-13(12)4-7-18-22)21-8-5-15(23)19-16(21)24/h4-5,7-10H,3,6H2,1-2H3,(H,19,23,24). The Labute approximate surface area is 137 Å². The number of aromatic amines is 1. The summed E-state index contributed by atoms with van der Waals surface area (Å²) in [6.07, 6.45) is 7.44. The summed E-state index contributed by atoms with van der Waals surface area (Å²) in [5.74, 6) is 0.424. The third kappa shape index (κ3) is 2.38. The highest BCUT2D eigenvalue weighted by Crippen LogP contribution is 2.40. The maximum Gasteiger partial charge on any atom is 0.334 e. The van der Waals surface area contributed by atoms with E-state index in [-0.39, 0.29) is 5.41 Å². The lowest BCUT2D eigenvalue weighted by atomic mass is 9.94. The first kappa shape index (κ1) is 14.6. The minimum absolute atomic E-state index is 0.157. The minimum atomic E-state index is -0.520. The molecule has 0 saturated carbocycles. The highest BCUT2D eigenvalue weighted by molar-refractivity contribution is 5.80. The molecule has 0 radical (unpaired) electrons. The summed E-state index contributed by atoms with van der Waals surface area (Å²) in [5.41, 5.74) is 2.35. The van der Waals surface area contributed by atoms with E-state index >= 15 is 0 Å². The van der Waals surface area contributed by atoms with Gasteiger partial charge in [-0.05, 0) is 36.0 Å². The molecule has 0 atom stereocenters. The van der Waals surface area contributed by atoms with Gasteiger partial charge in [-0.25, -0.2) is 4.79 Å². The molecular weight excluding hydrogens is 306 g/mol. The first-order chi connectivity index (χ1) is 11.4. The van der Waals surface area contributed by atoms with Gasteiger partial charge in [-0.3, -0.25) is 14.3 Å². The van der Waals surface area contributed by atoms with Crippen LogP contribution in [0.5, 0.6) is 0 Å². The van der Waals surface area contributed by atoms with Crippen molar-refractivity contribution in [3.63, 3.8) is 0 Å². The molecule has 0 saturated heterocycles. The van der Waals surface area contributed by atoms with Crippen LogP contribution in [0.25, 0.3) is 16.9 Å². The molecule has 0 bridgehead atoms. The van der Waals surface area contributed by atoms with Crippen molar-refractivity contribution in [3.05, 3.63) is 63.1 Å². The van der Waals surface area contributed by atoms with Gasteiger partial charge in [0.25, 0.3) is 5.56 Å². The Morgan fingerprint density at radius 3 is 2.79 bits per heavy atom. The van der Waals surface area contributed by atoms with Crippen molar-refractivity contribution in [1.29, 1.82) is 0 Å². The number of H-pyrrole nitrogens is 1. The topological polar surface area (TPSA) is 85.0 Å². The smallest absolute Gasteiger partial charge is 0.274 e. The fourth-order valence-corrected chi connectivity index (χ4v) is 3.16. The normalized spacial score (nSPS) is 16.5. The maximum atomic E-state index is 12.1. The lowest BCUT2D eigenvalue weighted by Crippen LogP contribution is -2.28. The molecule has 7 nitrogen and oxygen atoms in total. The summed E-state index contributed by atoms with van der Waals surface area (Å²) >= 11 is 0. The van der Waals surface area contributed by atoms with Gasteiger partial charge in [0.05, 0.1) is 11.7 Å². The molecule has 0 spiro atoms. The molecule has 0 aliphatic heterocycles. The lowest BCUT2D eigenvalue weighted by molar-refractivity contribution is 0.471. The van der Waals surface area contributed by atoms with Crippen molar-refractivity contribution in [1.82, 2.24) is 24.4 Å². The van der Waals surface area contributed by atoms with E-state index in [9.17, 15) is 9.59 Å². The van der Waals surface area contributed by atoms with Gasteiger partial charge in [0, 0.05) is 17.8 Å². The van der Waals surface area contributed by atoms with Gasteiger partial charge < -0.3 is 0 Å². The number of hydrogen-bond donors (Lipinski definition) is 1. The maximum absolute atomic E-state index is 12.1. The molecule has 0 aromatic carbocycles. The van der Waals surface area contributed by atoms with Gasteiger partial charge in [-0.1, -0.05) is 19.9 Å². The number of rotatable bonds is 2. The molecule has 24 heavy (non-hydrogen) atoms. The summed E-state index contributed by atoms with van der Waals surface area (Å²) < 4.78 is 2.83. The Morgan fingerprint density at radius 1 is 1.25 bits per heavy atom.